The maximum absolute atomic E-state index is 13.0. The van der Waals surface area contributed by atoms with Crippen molar-refractivity contribution in [2.45, 2.75) is 26.8 Å². The molecule has 2 aromatic heterocycles. The third-order valence-electron chi connectivity index (χ3n) is 5.71. The molecular formula is C23H28N4O4S. The minimum atomic E-state index is -0.706. The molecule has 170 valence electrons. The second kappa shape index (κ2) is 9.30. The average Bonchev–Trinajstić information content (AvgIpc) is 3.42. The highest BCUT2D eigenvalue weighted by Gasteiger charge is 2.32. The van der Waals surface area contributed by atoms with Crippen LogP contribution >= 0.6 is 11.3 Å². The Morgan fingerprint density at radius 2 is 2.12 bits per heavy atom. The van der Waals surface area contributed by atoms with Crippen molar-refractivity contribution in [1.82, 2.24) is 14.9 Å². The minimum Gasteiger partial charge on any atom is -0.468 e. The first-order chi connectivity index (χ1) is 15.4. The van der Waals surface area contributed by atoms with Crippen LogP contribution in [0, 0.1) is 12.3 Å². The summed E-state index contributed by atoms with van der Waals surface area (Å²) in [6.45, 7) is 7.44. The van der Waals surface area contributed by atoms with Gasteiger partial charge in [0.15, 0.2) is 5.13 Å². The highest BCUT2D eigenvalue weighted by atomic mass is 32.1. The zero-order chi connectivity index (χ0) is 22.7. The number of methoxy groups -OCH3 is 1. The molecule has 1 unspecified atom stereocenters. The van der Waals surface area contributed by atoms with Gasteiger partial charge in [0.1, 0.15) is 5.69 Å². The topological polar surface area (TPSA) is 85.7 Å². The Bertz CT molecular complexity index is 1060. The smallest absolute Gasteiger partial charge is 0.315 e. The first kappa shape index (κ1) is 22.3. The molecule has 1 saturated heterocycles. The molecule has 1 fully saturated rings. The molecule has 32 heavy (non-hydrogen) atoms. The molecule has 1 atom stereocenters. The van der Waals surface area contributed by atoms with Crippen molar-refractivity contribution in [3.63, 3.8) is 0 Å². The second-order valence-electron chi connectivity index (χ2n) is 8.31. The molecular weight excluding hydrogens is 428 g/mol. The van der Waals surface area contributed by atoms with Gasteiger partial charge in [0.25, 0.3) is 5.91 Å². The van der Waals surface area contributed by atoms with Crippen molar-refractivity contribution in [2.75, 3.05) is 38.3 Å². The Labute approximate surface area is 191 Å². The number of anilines is 1. The quantitative estimate of drug-likeness (QED) is 0.673. The summed E-state index contributed by atoms with van der Waals surface area (Å²) in [5.41, 5.74) is 2.46. The first-order valence-corrected chi connectivity index (χ1v) is 11.5. The Balaban J connectivity index is 1.43. The number of nitrogens with zero attached hydrogens (tertiary/aromatic N) is 3. The number of rotatable bonds is 6. The number of allylic oxidation sites excluding steroid dienone is 2. The number of aromatic nitrogens is 2. The van der Waals surface area contributed by atoms with Crippen molar-refractivity contribution in [3.8, 4) is 0 Å². The van der Waals surface area contributed by atoms with Gasteiger partial charge < -0.3 is 24.3 Å². The summed E-state index contributed by atoms with van der Waals surface area (Å²) in [5, 5.41) is 5.98. The zero-order valence-electron chi connectivity index (χ0n) is 18.6. The van der Waals surface area contributed by atoms with E-state index >= 15 is 0 Å². The fourth-order valence-electron chi connectivity index (χ4n) is 3.83. The molecule has 0 radical (unpaired) electrons. The summed E-state index contributed by atoms with van der Waals surface area (Å²) in [7, 11) is 1.38. The number of morpholine rings is 1. The standard InChI is InChI=1S/C23H28N4O4S/c1-16-12-19(20(28)24-17-4-6-23(2,7-5-17)21(29)30-3)27(13-16)14-18-15-32-22(25-18)26-8-10-31-11-9-26/h4-6,12-13,15H,7-11,14H2,1-3H3,(H,24,28). The summed E-state index contributed by atoms with van der Waals surface area (Å²) >= 11 is 1.62. The normalized spacial score (nSPS) is 20.7. The van der Waals surface area contributed by atoms with Crippen LogP contribution < -0.4 is 10.2 Å². The van der Waals surface area contributed by atoms with E-state index in [0.29, 0.717) is 24.4 Å². The molecule has 1 N–H and O–H groups in total. The molecule has 2 aromatic rings. The van der Waals surface area contributed by atoms with Crippen LogP contribution in [0.2, 0.25) is 0 Å². The molecule has 0 spiro atoms. The summed E-state index contributed by atoms with van der Waals surface area (Å²) in [6.07, 6.45) is 7.82. The molecule has 0 bridgehead atoms. The molecule has 9 heteroatoms. The van der Waals surface area contributed by atoms with Crippen LogP contribution in [0.25, 0.3) is 0 Å². The van der Waals surface area contributed by atoms with E-state index in [1.165, 1.54) is 7.11 Å². The second-order valence-corrected chi connectivity index (χ2v) is 9.15. The lowest BCUT2D eigenvalue weighted by Crippen LogP contribution is -2.36. The third-order valence-corrected chi connectivity index (χ3v) is 6.66. The molecule has 0 aromatic carbocycles. The predicted molar refractivity (Wildman–Crippen MR) is 123 cm³/mol. The predicted octanol–water partition coefficient (Wildman–Crippen LogP) is 2.89. The van der Waals surface area contributed by atoms with Crippen LogP contribution in [0.4, 0.5) is 5.13 Å². The minimum absolute atomic E-state index is 0.195. The molecule has 1 amide bonds. The number of aryl methyl sites for hydroxylation is 1. The molecule has 2 aliphatic rings. The summed E-state index contributed by atoms with van der Waals surface area (Å²) in [6, 6.07) is 1.87. The highest BCUT2D eigenvalue weighted by molar-refractivity contribution is 7.13. The van der Waals surface area contributed by atoms with Gasteiger partial charge in [-0.1, -0.05) is 12.2 Å². The van der Waals surface area contributed by atoms with E-state index in [2.05, 4.69) is 10.2 Å². The first-order valence-electron chi connectivity index (χ1n) is 10.6. The lowest BCUT2D eigenvalue weighted by atomic mass is 9.83. The Kier molecular flexibility index (Phi) is 6.48. The summed E-state index contributed by atoms with van der Waals surface area (Å²) in [4.78, 5) is 32.0. The Morgan fingerprint density at radius 3 is 2.81 bits per heavy atom. The van der Waals surface area contributed by atoms with E-state index in [9.17, 15) is 9.59 Å². The van der Waals surface area contributed by atoms with E-state index < -0.39 is 5.41 Å². The number of thiazole rings is 1. The van der Waals surface area contributed by atoms with Gasteiger partial charge in [0, 0.05) is 30.4 Å². The van der Waals surface area contributed by atoms with Gasteiger partial charge in [-0.3, -0.25) is 9.59 Å². The van der Waals surface area contributed by atoms with Gasteiger partial charge in [0.05, 0.1) is 38.0 Å². The Hall–Kier alpha value is -2.91. The number of ether oxygens (including phenoxy) is 2. The van der Waals surface area contributed by atoms with Gasteiger partial charge >= 0.3 is 5.97 Å². The lowest BCUT2D eigenvalue weighted by molar-refractivity contribution is -0.148. The number of hydrogen-bond donors (Lipinski definition) is 1. The molecule has 4 rings (SSSR count). The number of carbonyl (C=O) groups excluding carboxylic acids is 2. The van der Waals surface area contributed by atoms with Crippen LogP contribution in [0.1, 0.15) is 35.1 Å². The fraction of sp³-hybridized carbons (Fsp3) is 0.435. The maximum Gasteiger partial charge on any atom is 0.315 e. The van der Waals surface area contributed by atoms with Crippen LogP contribution in [0.3, 0.4) is 0 Å². The van der Waals surface area contributed by atoms with Crippen LogP contribution in [0.5, 0.6) is 0 Å². The van der Waals surface area contributed by atoms with E-state index in [1.54, 1.807) is 23.5 Å². The van der Waals surface area contributed by atoms with Crippen molar-refractivity contribution in [2.24, 2.45) is 5.41 Å². The largest absolute Gasteiger partial charge is 0.468 e. The fourth-order valence-corrected chi connectivity index (χ4v) is 4.70. The summed E-state index contributed by atoms with van der Waals surface area (Å²) < 4.78 is 12.2. The van der Waals surface area contributed by atoms with Gasteiger partial charge in [-0.2, -0.15) is 0 Å². The molecule has 8 nitrogen and oxygen atoms in total. The van der Waals surface area contributed by atoms with Crippen LogP contribution in [-0.2, 0) is 20.8 Å². The SMILES string of the molecule is COC(=O)C1(C)C=CC(NC(=O)c2cc(C)cn2Cc2csc(N3CCOCC3)n2)=CC1. The van der Waals surface area contributed by atoms with Crippen molar-refractivity contribution >= 4 is 28.3 Å². The van der Waals surface area contributed by atoms with E-state index in [1.807, 2.05) is 42.1 Å². The highest BCUT2D eigenvalue weighted by Crippen LogP contribution is 2.30. The number of hydrogen-bond acceptors (Lipinski definition) is 7. The summed E-state index contributed by atoms with van der Waals surface area (Å²) in [5.74, 6) is -0.487. The van der Waals surface area contributed by atoms with Crippen LogP contribution in [0.15, 0.2) is 41.6 Å². The number of esters is 1. The van der Waals surface area contributed by atoms with Gasteiger partial charge in [-0.15, -0.1) is 11.3 Å². The monoisotopic (exact) mass is 456 g/mol. The zero-order valence-corrected chi connectivity index (χ0v) is 19.4. The van der Waals surface area contributed by atoms with Crippen molar-refractivity contribution in [1.29, 1.82) is 0 Å². The molecule has 1 aliphatic carbocycles. The average molecular weight is 457 g/mol. The Morgan fingerprint density at radius 1 is 1.34 bits per heavy atom. The van der Waals surface area contributed by atoms with E-state index in [4.69, 9.17) is 14.5 Å². The van der Waals surface area contributed by atoms with E-state index in [0.717, 1.165) is 42.7 Å². The van der Waals surface area contributed by atoms with Crippen LogP contribution in [-0.4, -0.2) is 54.8 Å². The van der Waals surface area contributed by atoms with Gasteiger partial charge in [-0.25, -0.2) is 4.98 Å². The lowest BCUT2D eigenvalue weighted by Gasteiger charge is -2.26. The number of carbonyl (C=O) groups is 2. The van der Waals surface area contributed by atoms with E-state index in [-0.39, 0.29) is 11.9 Å². The number of amides is 1. The van der Waals surface area contributed by atoms with Gasteiger partial charge in [-0.05, 0) is 38.0 Å². The number of nitrogens with one attached hydrogen (secondary N) is 1. The van der Waals surface area contributed by atoms with Crippen molar-refractivity contribution in [3.05, 3.63) is 58.5 Å². The molecule has 3 heterocycles. The third kappa shape index (κ3) is 4.78. The molecule has 0 saturated carbocycles. The molecule has 1 aliphatic heterocycles. The van der Waals surface area contributed by atoms with Gasteiger partial charge in [0.2, 0.25) is 0 Å². The van der Waals surface area contributed by atoms with Crippen molar-refractivity contribution < 1.29 is 19.1 Å². The maximum atomic E-state index is 13.0.